The Hall–Kier alpha value is -5.78. The maximum Gasteiger partial charge on any atom is 0.333 e. The molecule has 0 aliphatic rings. The van der Waals surface area contributed by atoms with E-state index < -0.39 is 23.9 Å². The molecular weight excluding hydrogens is 648 g/mol. The molecule has 268 valence electrons. The summed E-state index contributed by atoms with van der Waals surface area (Å²) in [7, 11) is 0. The molecule has 2 aromatic rings. The van der Waals surface area contributed by atoms with Crippen molar-refractivity contribution in [2.24, 2.45) is 0 Å². The summed E-state index contributed by atoms with van der Waals surface area (Å²) in [5, 5.41) is 0. The average Bonchev–Trinajstić information content (AvgIpc) is 3.08. The lowest BCUT2D eigenvalue weighted by Crippen LogP contribution is -2.14. The fourth-order valence-corrected chi connectivity index (χ4v) is 3.55. The number of rotatable bonds is 22. The van der Waals surface area contributed by atoms with Gasteiger partial charge in [0.2, 0.25) is 0 Å². The van der Waals surface area contributed by atoms with Gasteiger partial charge < -0.3 is 37.9 Å². The zero-order valence-electron chi connectivity index (χ0n) is 29.0. The second-order valence-electron chi connectivity index (χ2n) is 10.8. The van der Waals surface area contributed by atoms with Gasteiger partial charge in [-0.3, -0.25) is 0 Å². The van der Waals surface area contributed by atoms with Crippen molar-refractivity contribution in [2.45, 2.75) is 27.7 Å². The van der Waals surface area contributed by atoms with E-state index in [1.54, 1.807) is 64.1 Å². The SMILES string of the molecule is C=C(C)C(=O)OCCOc1ccc(/C=C/c2ccc(OCCOC(=O)C(=C)C)c(OCCOC(=O)C(=C)C)c2)cc1OCCOC(=O)C(=C)C. The highest BCUT2D eigenvalue weighted by molar-refractivity contribution is 5.88. The molecule has 0 amide bonds. The minimum atomic E-state index is -0.528. The fraction of sp³-hybridized carbons (Fsp3) is 0.316. The molecule has 0 aliphatic carbocycles. The second kappa shape index (κ2) is 21.2. The van der Waals surface area contributed by atoms with Gasteiger partial charge in [-0.2, -0.15) is 0 Å². The smallest absolute Gasteiger partial charge is 0.333 e. The first-order chi connectivity index (χ1) is 23.8. The van der Waals surface area contributed by atoms with E-state index in [0.717, 1.165) is 11.1 Å². The number of ether oxygens (including phenoxy) is 8. The Morgan fingerprint density at radius 1 is 0.440 bits per heavy atom. The molecule has 0 N–H and O–H groups in total. The summed E-state index contributed by atoms with van der Waals surface area (Å²) in [6.07, 6.45) is 3.66. The van der Waals surface area contributed by atoms with Crippen molar-refractivity contribution in [3.05, 3.63) is 96.1 Å². The second-order valence-corrected chi connectivity index (χ2v) is 10.8. The standard InChI is InChI=1S/C38H44O12/c1-25(2)35(39)47-19-15-43-31-13-11-29(23-33(31)45-17-21-49-37(41)27(5)6)9-10-30-12-14-32(44-16-20-48-36(40)26(3)4)34(24-30)46-18-22-50-38(42)28(7)8/h9-14,23-24H,1,3,5,7,15-22H2,2,4,6,8H3/b10-9+. The van der Waals surface area contributed by atoms with Crippen LogP contribution in [0.5, 0.6) is 23.0 Å². The lowest BCUT2D eigenvalue weighted by molar-refractivity contribution is -0.140. The van der Waals surface area contributed by atoms with E-state index >= 15 is 0 Å². The molecule has 12 heteroatoms. The third-order valence-electron chi connectivity index (χ3n) is 6.09. The molecule has 0 aromatic heterocycles. The summed E-state index contributed by atoms with van der Waals surface area (Å²) in [6, 6.07) is 10.5. The van der Waals surface area contributed by atoms with E-state index in [0.29, 0.717) is 23.0 Å². The van der Waals surface area contributed by atoms with E-state index in [1.165, 1.54) is 0 Å². The Balaban J connectivity index is 2.21. The monoisotopic (exact) mass is 692 g/mol. The molecule has 2 aromatic carbocycles. The average molecular weight is 693 g/mol. The Kier molecular flexibility index (Phi) is 17.2. The summed E-state index contributed by atoms with van der Waals surface area (Å²) in [5.41, 5.74) is 2.59. The predicted octanol–water partition coefficient (Wildman–Crippen LogP) is 5.85. The maximum absolute atomic E-state index is 11.7. The van der Waals surface area contributed by atoms with E-state index in [2.05, 4.69) is 26.3 Å². The van der Waals surface area contributed by atoms with Gasteiger partial charge in [-0.1, -0.05) is 50.6 Å². The van der Waals surface area contributed by atoms with Gasteiger partial charge in [-0.05, 0) is 63.1 Å². The normalized spacial score (nSPS) is 10.4. The Morgan fingerprint density at radius 3 is 0.960 bits per heavy atom. The molecule has 0 heterocycles. The molecular formula is C38H44O12. The van der Waals surface area contributed by atoms with Gasteiger partial charge in [0, 0.05) is 22.3 Å². The molecule has 0 bridgehead atoms. The predicted molar refractivity (Wildman–Crippen MR) is 187 cm³/mol. The number of carbonyl (C=O) groups is 4. The van der Waals surface area contributed by atoms with Gasteiger partial charge in [0.25, 0.3) is 0 Å². The molecule has 0 unspecified atom stereocenters. The molecule has 2 rings (SSSR count). The van der Waals surface area contributed by atoms with Crippen LogP contribution in [0.1, 0.15) is 38.8 Å². The minimum Gasteiger partial charge on any atom is -0.486 e. The van der Waals surface area contributed by atoms with Gasteiger partial charge >= 0.3 is 23.9 Å². The van der Waals surface area contributed by atoms with Crippen molar-refractivity contribution in [1.29, 1.82) is 0 Å². The van der Waals surface area contributed by atoms with Crippen LogP contribution < -0.4 is 18.9 Å². The van der Waals surface area contributed by atoms with Crippen molar-refractivity contribution in [2.75, 3.05) is 52.9 Å². The molecule has 0 saturated heterocycles. The van der Waals surface area contributed by atoms with Crippen LogP contribution in [0.3, 0.4) is 0 Å². The van der Waals surface area contributed by atoms with E-state index in [1.807, 2.05) is 12.2 Å². The lowest BCUT2D eigenvalue weighted by Gasteiger charge is -2.14. The van der Waals surface area contributed by atoms with Gasteiger partial charge in [-0.15, -0.1) is 0 Å². The van der Waals surface area contributed by atoms with Crippen LogP contribution >= 0.6 is 0 Å². The Labute approximate surface area is 292 Å². The molecule has 0 saturated carbocycles. The first-order valence-electron chi connectivity index (χ1n) is 15.6. The lowest BCUT2D eigenvalue weighted by atomic mass is 10.1. The number of benzene rings is 2. The van der Waals surface area contributed by atoms with E-state index in [-0.39, 0.29) is 75.1 Å². The van der Waals surface area contributed by atoms with Crippen molar-refractivity contribution >= 4 is 36.0 Å². The summed E-state index contributed by atoms with van der Waals surface area (Å²) >= 11 is 0. The zero-order valence-corrected chi connectivity index (χ0v) is 29.0. The highest BCUT2D eigenvalue weighted by Crippen LogP contribution is 2.31. The third kappa shape index (κ3) is 15.0. The fourth-order valence-electron chi connectivity index (χ4n) is 3.55. The number of carbonyl (C=O) groups excluding carboxylic acids is 4. The molecule has 0 atom stereocenters. The highest BCUT2D eigenvalue weighted by Gasteiger charge is 2.12. The van der Waals surface area contributed by atoms with Crippen LogP contribution in [0.15, 0.2) is 85.0 Å². The Bertz CT molecular complexity index is 1480. The molecule has 12 nitrogen and oxygen atoms in total. The first kappa shape index (κ1) is 40.4. The third-order valence-corrected chi connectivity index (χ3v) is 6.09. The largest absolute Gasteiger partial charge is 0.486 e. The summed E-state index contributed by atoms with van der Waals surface area (Å²) in [5.74, 6) is -0.582. The molecule has 0 fully saturated rings. The first-order valence-corrected chi connectivity index (χ1v) is 15.6. The van der Waals surface area contributed by atoms with Gasteiger partial charge in [0.15, 0.2) is 23.0 Å². The van der Waals surface area contributed by atoms with E-state index in [9.17, 15) is 19.2 Å². The molecule has 0 spiro atoms. The Morgan fingerprint density at radius 2 is 0.700 bits per heavy atom. The zero-order chi connectivity index (χ0) is 37.1. The van der Waals surface area contributed by atoms with Crippen LogP contribution in [-0.2, 0) is 38.1 Å². The quantitative estimate of drug-likeness (QED) is 0.0480. The van der Waals surface area contributed by atoms with Crippen molar-refractivity contribution in [3.63, 3.8) is 0 Å². The molecule has 50 heavy (non-hydrogen) atoms. The topological polar surface area (TPSA) is 142 Å². The van der Waals surface area contributed by atoms with E-state index in [4.69, 9.17) is 37.9 Å². The highest BCUT2D eigenvalue weighted by atomic mass is 16.6. The molecule has 0 aliphatic heterocycles. The minimum absolute atomic E-state index is 0.00307. The van der Waals surface area contributed by atoms with Crippen LogP contribution in [-0.4, -0.2) is 76.7 Å². The van der Waals surface area contributed by atoms with Crippen LogP contribution in [0.4, 0.5) is 0 Å². The number of hydrogen-bond donors (Lipinski definition) is 0. The van der Waals surface area contributed by atoms with Crippen molar-refractivity contribution < 1.29 is 57.1 Å². The summed E-state index contributed by atoms with van der Waals surface area (Å²) in [6.45, 7) is 20.6. The van der Waals surface area contributed by atoms with Crippen molar-refractivity contribution in [1.82, 2.24) is 0 Å². The maximum atomic E-state index is 11.7. The van der Waals surface area contributed by atoms with Gasteiger partial charge in [0.1, 0.15) is 52.9 Å². The number of esters is 4. The van der Waals surface area contributed by atoms with Crippen LogP contribution in [0.25, 0.3) is 12.2 Å². The summed E-state index contributed by atoms with van der Waals surface area (Å²) < 4.78 is 43.7. The van der Waals surface area contributed by atoms with Gasteiger partial charge in [-0.25, -0.2) is 19.2 Å². The van der Waals surface area contributed by atoms with Crippen molar-refractivity contribution in [3.8, 4) is 23.0 Å². The van der Waals surface area contributed by atoms with Crippen LogP contribution in [0.2, 0.25) is 0 Å². The number of hydrogen-bond acceptors (Lipinski definition) is 12. The summed E-state index contributed by atoms with van der Waals surface area (Å²) in [4.78, 5) is 46.8. The van der Waals surface area contributed by atoms with Gasteiger partial charge in [0.05, 0.1) is 0 Å². The van der Waals surface area contributed by atoms with Crippen LogP contribution in [0, 0.1) is 0 Å². The molecule has 0 radical (unpaired) electrons.